The van der Waals surface area contributed by atoms with Crippen LogP contribution in [0.15, 0.2) is 12.2 Å². The zero-order valence-electron chi connectivity index (χ0n) is 8.03. The lowest BCUT2D eigenvalue weighted by atomic mass is 9.86. The smallest absolute Gasteiger partial charge is 0.0822 e. The average Bonchev–Trinajstić information content (AvgIpc) is 2.54. The SMILES string of the molecule is C[N+]1(C)C[C@@H]2[C@H](C1)[C@@H]1C=C[C@H]2C1. The number of quaternary nitrogens is 1. The van der Waals surface area contributed by atoms with E-state index in [9.17, 15) is 0 Å². The van der Waals surface area contributed by atoms with Gasteiger partial charge in [0.1, 0.15) is 0 Å². The fourth-order valence-corrected chi connectivity index (χ4v) is 3.78. The first-order chi connectivity index (χ1) is 5.66. The van der Waals surface area contributed by atoms with Gasteiger partial charge in [-0.05, 0) is 18.3 Å². The van der Waals surface area contributed by atoms with E-state index in [2.05, 4.69) is 26.2 Å². The Morgan fingerprint density at radius 3 is 2.00 bits per heavy atom. The molecular formula is C11H18N+. The minimum absolute atomic E-state index is 0.958. The Morgan fingerprint density at radius 1 is 1.00 bits per heavy atom. The van der Waals surface area contributed by atoms with Crippen molar-refractivity contribution in [3.05, 3.63) is 12.2 Å². The van der Waals surface area contributed by atoms with Gasteiger partial charge in [-0.3, -0.25) is 0 Å². The van der Waals surface area contributed by atoms with Crippen LogP contribution in [-0.2, 0) is 0 Å². The van der Waals surface area contributed by atoms with Crippen LogP contribution in [-0.4, -0.2) is 31.7 Å². The van der Waals surface area contributed by atoms with Crippen molar-refractivity contribution in [1.29, 1.82) is 0 Å². The number of allylic oxidation sites excluding steroid dienone is 2. The number of likely N-dealkylation sites (tertiary alicyclic amines) is 1. The van der Waals surface area contributed by atoms with Crippen LogP contribution in [0.3, 0.4) is 0 Å². The molecule has 1 heteroatoms. The molecule has 2 fully saturated rings. The predicted molar refractivity (Wildman–Crippen MR) is 49.6 cm³/mol. The number of rotatable bonds is 0. The number of hydrogen-bond acceptors (Lipinski definition) is 0. The lowest BCUT2D eigenvalue weighted by Crippen LogP contribution is -2.38. The van der Waals surface area contributed by atoms with Gasteiger partial charge in [0, 0.05) is 11.8 Å². The molecule has 12 heavy (non-hydrogen) atoms. The second-order valence-electron chi connectivity index (χ2n) is 5.58. The summed E-state index contributed by atoms with van der Waals surface area (Å²) in [7, 11) is 4.77. The van der Waals surface area contributed by atoms with Crippen LogP contribution in [0.25, 0.3) is 0 Å². The molecule has 0 radical (unpaired) electrons. The molecule has 2 bridgehead atoms. The fraction of sp³-hybridized carbons (Fsp3) is 0.818. The molecule has 0 unspecified atom stereocenters. The first kappa shape index (κ1) is 7.14. The lowest BCUT2D eigenvalue weighted by Gasteiger charge is -2.25. The standard InChI is InChI=1S/C11H18N/c1-12(2)6-10-8-3-4-9(5-8)11(10)7-12/h3-4,8-11H,5-7H2,1-2H3/q+1/t8-,9+,10-,11+. The van der Waals surface area contributed by atoms with Crippen LogP contribution < -0.4 is 0 Å². The van der Waals surface area contributed by atoms with Crippen molar-refractivity contribution in [1.82, 2.24) is 0 Å². The van der Waals surface area contributed by atoms with E-state index < -0.39 is 0 Å². The van der Waals surface area contributed by atoms with Crippen molar-refractivity contribution in [2.24, 2.45) is 23.7 Å². The van der Waals surface area contributed by atoms with Crippen LogP contribution in [0, 0.1) is 23.7 Å². The highest BCUT2D eigenvalue weighted by molar-refractivity contribution is 5.14. The summed E-state index contributed by atoms with van der Waals surface area (Å²) >= 11 is 0. The van der Waals surface area contributed by atoms with Crippen LogP contribution >= 0.6 is 0 Å². The van der Waals surface area contributed by atoms with Crippen molar-refractivity contribution < 1.29 is 4.48 Å². The summed E-state index contributed by atoms with van der Waals surface area (Å²) in [6.45, 7) is 2.85. The van der Waals surface area contributed by atoms with E-state index in [4.69, 9.17) is 0 Å². The Bertz CT molecular complexity index is 219. The van der Waals surface area contributed by atoms with Gasteiger partial charge < -0.3 is 4.48 Å². The second kappa shape index (κ2) is 1.95. The zero-order chi connectivity index (χ0) is 8.34. The molecule has 0 N–H and O–H groups in total. The number of hydrogen-bond donors (Lipinski definition) is 0. The third-order valence-electron chi connectivity index (χ3n) is 4.21. The summed E-state index contributed by atoms with van der Waals surface area (Å²) in [6.07, 6.45) is 6.45. The molecule has 3 aliphatic rings. The fourth-order valence-electron chi connectivity index (χ4n) is 3.78. The summed E-state index contributed by atoms with van der Waals surface area (Å²) in [5.74, 6) is 3.99. The van der Waals surface area contributed by atoms with Crippen molar-refractivity contribution in [2.45, 2.75) is 6.42 Å². The monoisotopic (exact) mass is 164 g/mol. The third-order valence-corrected chi connectivity index (χ3v) is 4.21. The van der Waals surface area contributed by atoms with E-state index in [1.165, 1.54) is 24.0 Å². The summed E-state index contributed by atoms with van der Waals surface area (Å²) in [5.41, 5.74) is 0. The molecule has 4 atom stereocenters. The maximum atomic E-state index is 2.48. The van der Waals surface area contributed by atoms with Crippen molar-refractivity contribution in [3.8, 4) is 0 Å². The van der Waals surface area contributed by atoms with E-state index in [0.29, 0.717) is 0 Å². The molecular weight excluding hydrogens is 146 g/mol. The molecule has 0 amide bonds. The van der Waals surface area contributed by atoms with E-state index in [1.54, 1.807) is 0 Å². The highest BCUT2D eigenvalue weighted by atomic mass is 15.3. The van der Waals surface area contributed by atoms with E-state index >= 15 is 0 Å². The van der Waals surface area contributed by atoms with Gasteiger partial charge in [0.05, 0.1) is 27.2 Å². The minimum atomic E-state index is 0.958. The van der Waals surface area contributed by atoms with Gasteiger partial charge in [-0.15, -0.1) is 0 Å². The predicted octanol–water partition coefficient (Wildman–Crippen LogP) is 1.51. The van der Waals surface area contributed by atoms with Crippen molar-refractivity contribution in [2.75, 3.05) is 27.2 Å². The molecule has 1 heterocycles. The molecule has 0 aromatic carbocycles. The molecule has 0 spiro atoms. The lowest BCUT2D eigenvalue weighted by molar-refractivity contribution is -0.881. The Balaban J connectivity index is 1.91. The molecule has 0 aromatic heterocycles. The molecule has 1 saturated carbocycles. The molecule has 1 saturated heterocycles. The average molecular weight is 164 g/mol. The van der Waals surface area contributed by atoms with Crippen molar-refractivity contribution >= 4 is 0 Å². The van der Waals surface area contributed by atoms with Crippen molar-refractivity contribution in [3.63, 3.8) is 0 Å². The van der Waals surface area contributed by atoms with E-state index in [1.807, 2.05) is 0 Å². The van der Waals surface area contributed by atoms with Gasteiger partial charge in [0.15, 0.2) is 0 Å². The Kier molecular flexibility index (Phi) is 1.16. The maximum Gasteiger partial charge on any atom is 0.0822 e. The van der Waals surface area contributed by atoms with Gasteiger partial charge in [0.25, 0.3) is 0 Å². The summed E-state index contributed by atoms with van der Waals surface area (Å²) in [5, 5.41) is 0. The van der Waals surface area contributed by atoms with E-state index in [0.717, 1.165) is 23.7 Å². The zero-order valence-corrected chi connectivity index (χ0v) is 8.03. The van der Waals surface area contributed by atoms with Crippen LogP contribution in [0.4, 0.5) is 0 Å². The summed E-state index contributed by atoms with van der Waals surface area (Å²) in [4.78, 5) is 0. The summed E-state index contributed by atoms with van der Waals surface area (Å²) in [6, 6.07) is 0. The topological polar surface area (TPSA) is 0 Å². The Morgan fingerprint density at radius 2 is 1.50 bits per heavy atom. The largest absolute Gasteiger partial charge is 0.328 e. The molecule has 2 aliphatic carbocycles. The van der Waals surface area contributed by atoms with Crippen LogP contribution in [0.2, 0.25) is 0 Å². The minimum Gasteiger partial charge on any atom is -0.328 e. The number of fused-ring (bicyclic) bond motifs is 5. The highest BCUT2D eigenvalue weighted by Crippen LogP contribution is 2.52. The van der Waals surface area contributed by atoms with Gasteiger partial charge in [-0.25, -0.2) is 0 Å². The molecule has 1 nitrogen and oxygen atoms in total. The summed E-state index contributed by atoms with van der Waals surface area (Å²) < 4.78 is 1.27. The van der Waals surface area contributed by atoms with E-state index in [-0.39, 0.29) is 0 Å². The first-order valence-corrected chi connectivity index (χ1v) is 5.16. The quantitative estimate of drug-likeness (QED) is 0.376. The van der Waals surface area contributed by atoms with Gasteiger partial charge in [0.2, 0.25) is 0 Å². The van der Waals surface area contributed by atoms with Crippen LogP contribution in [0.1, 0.15) is 6.42 Å². The molecule has 0 aromatic rings. The molecule has 1 aliphatic heterocycles. The Labute approximate surface area is 74.7 Å². The highest BCUT2D eigenvalue weighted by Gasteiger charge is 2.53. The number of nitrogens with zero attached hydrogens (tertiary/aromatic N) is 1. The van der Waals surface area contributed by atoms with Gasteiger partial charge in [-0.2, -0.15) is 0 Å². The van der Waals surface area contributed by atoms with Gasteiger partial charge >= 0.3 is 0 Å². The first-order valence-electron chi connectivity index (χ1n) is 5.16. The van der Waals surface area contributed by atoms with Gasteiger partial charge in [-0.1, -0.05) is 12.2 Å². The Hall–Kier alpha value is -0.300. The third kappa shape index (κ3) is 0.779. The second-order valence-corrected chi connectivity index (χ2v) is 5.58. The normalized spacial score (nSPS) is 53.2. The maximum absolute atomic E-state index is 2.48. The molecule has 66 valence electrons. The molecule has 3 rings (SSSR count). The van der Waals surface area contributed by atoms with Crippen LogP contribution in [0.5, 0.6) is 0 Å².